The van der Waals surface area contributed by atoms with Crippen molar-refractivity contribution in [3.05, 3.63) is 0 Å². The molecule has 9 atom stereocenters. The Labute approximate surface area is 404 Å². The Morgan fingerprint density at radius 3 is 1.84 bits per heavy atom. The molecule has 0 aliphatic carbocycles. The van der Waals surface area contributed by atoms with Gasteiger partial charge in [0.2, 0.25) is 59.1 Å². The first-order valence-electron chi connectivity index (χ1n) is 23.5. The Kier molecular flexibility index (Phi) is 26.8. The SMILES string of the molecule is CCNC(=O)[C@@H]1CCCN1C(=O)[C@H](CCCN=C(N)N)NC(=O)[C@@H](NC(=O)[C@H](CO)NC(=O)[C@H](CO)N(C)C(=O)[C@H](NC(=O)[C@@H](NC(=O)CNC(=O)CN(C)C(C)=O)C(C)C)C(C)CC)[C@@H](C)CC. The van der Waals surface area contributed by atoms with Crippen molar-refractivity contribution in [3.8, 4) is 0 Å². The van der Waals surface area contributed by atoms with Gasteiger partial charge < -0.3 is 73.6 Å². The summed E-state index contributed by atoms with van der Waals surface area (Å²) >= 11 is 0. The number of rotatable bonds is 29. The summed E-state index contributed by atoms with van der Waals surface area (Å²) in [5, 5.41) is 38.7. The second-order valence-electron chi connectivity index (χ2n) is 17.7. The minimum Gasteiger partial charge on any atom is -0.394 e. The van der Waals surface area contributed by atoms with E-state index in [4.69, 9.17) is 11.5 Å². The fraction of sp³-hybridized carbons (Fsp3) is 0.750. The molecule has 1 unspecified atom stereocenters. The molecule has 0 aromatic rings. The fourth-order valence-corrected chi connectivity index (χ4v) is 7.24. The van der Waals surface area contributed by atoms with Crippen molar-refractivity contribution in [2.75, 3.05) is 60.0 Å². The predicted octanol–water partition coefficient (Wildman–Crippen LogP) is -4.25. The smallest absolute Gasteiger partial charge is 0.245 e. The summed E-state index contributed by atoms with van der Waals surface area (Å²) in [5.41, 5.74) is 10.9. The van der Waals surface area contributed by atoms with Gasteiger partial charge in [-0.1, -0.05) is 54.4 Å². The number of carbonyl (C=O) groups is 10. The van der Waals surface area contributed by atoms with Gasteiger partial charge in [0.15, 0.2) is 5.96 Å². The number of aliphatic imine (C=N–C) groups is 1. The Morgan fingerprint density at radius 2 is 1.30 bits per heavy atom. The maximum atomic E-state index is 14.1. The molecule has 13 N–H and O–H groups in total. The predicted molar refractivity (Wildman–Crippen MR) is 254 cm³/mol. The lowest BCUT2D eigenvalue weighted by molar-refractivity contribution is -0.145. The zero-order valence-corrected chi connectivity index (χ0v) is 41.9. The fourth-order valence-electron chi connectivity index (χ4n) is 7.24. The molecule has 69 heavy (non-hydrogen) atoms. The molecule has 0 aromatic heterocycles. The summed E-state index contributed by atoms with van der Waals surface area (Å²) in [6.07, 6.45) is 2.05. The molecule has 10 amide bonds. The van der Waals surface area contributed by atoms with Crippen LogP contribution in [0.15, 0.2) is 4.99 Å². The van der Waals surface area contributed by atoms with E-state index >= 15 is 0 Å². The molecule has 1 aliphatic heterocycles. The van der Waals surface area contributed by atoms with E-state index in [-0.39, 0.29) is 50.2 Å². The average Bonchev–Trinajstić information content (AvgIpc) is 3.80. The molecule has 0 saturated carbocycles. The van der Waals surface area contributed by atoms with E-state index in [0.29, 0.717) is 32.2 Å². The largest absolute Gasteiger partial charge is 0.394 e. The van der Waals surface area contributed by atoms with Crippen molar-refractivity contribution in [1.29, 1.82) is 0 Å². The normalized spacial score (nSPS) is 16.7. The summed E-state index contributed by atoms with van der Waals surface area (Å²) in [4.78, 5) is 140. The van der Waals surface area contributed by atoms with Gasteiger partial charge in [-0.05, 0) is 50.4 Å². The molecule has 0 bridgehead atoms. The topological polar surface area (TPSA) is 369 Å². The number of aliphatic hydroxyl groups is 2. The van der Waals surface area contributed by atoms with Gasteiger partial charge in [-0.3, -0.25) is 52.9 Å². The maximum absolute atomic E-state index is 14.1. The minimum atomic E-state index is -1.70. The summed E-state index contributed by atoms with van der Waals surface area (Å²) in [6, 6.07) is -9.01. The summed E-state index contributed by atoms with van der Waals surface area (Å²) in [6.45, 7) is 11.2. The van der Waals surface area contributed by atoms with Crippen LogP contribution in [0.25, 0.3) is 0 Å². The molecule has 392 valence electrons. The lowest BCUT2D eigenvalue weighted by atomic mass is 9.95. The van der Waals surface area contributed by atoms with Crippen LogP contribution < -0.4 is 48.7 Å². The van der Waals surface area contributed by atoms with Crippen molar-refractivity contribution < 1.29 is 58.2 Å². The average molecular weight is 982 g/mol. The number of guanidine groups is 1. The van der Waals surface area contributed by atoms with Crippen molar-refractivity contribution >= 4 is 65.0 Å². The lowest BCUT2D eigenvalue weighted by Gasteiger charge is -2.34. The van der Waals surface area contributed by atoms with Gasteiger partial charge in [-0.15, -0.1) is 0 Å². The first-order chi connectivity index (χ1) is 32.4. The molecule has 0 radical (unpaired) electrons. The summed E-state index contributed by atoms with van der Waals surface area (Å²) < 4.78 is 0. The van der Waals surface area contributed by atoms with Gasteiger partial charge >= 0.3 is 0 Å². The molecule has 1 rings (SSSR count). The molecule has 1 heterocycles. The Bertz CT molecular complexity index is 1810. The highest BCUT2D eigenvalue weighted by Crippen LogP contribution is 2.21. The third kappa shape index (κ3) is 19.4. The first kappa shape index (κ1) is 60.9. The van der Waals surface area contributed by atoms with E-state index in [1.165, 1.54) is 25.9 Å². The number of aliphatic hydroxyl groups excluding tert-OH is 2. The highest BCUT2D eigenvalue weighted by atomic mass is 16.3. The molecular weight excluding hydrogens is 903 g/mol. The quantitative estimate of drug-likeness (QED) is 0.0192. The van der Waals surface area contributed by atoms with E-state index < -0.39 is 127 Å². The lowest BCUT2D eigenvalue weighted by Crippen LogP contribution is -2.62. The third-order valence-electron chi connectivity index (χ3n) is 12.1. The first-order valence-corrected chi connectivity index (χ1v) is 23.5. The monoisotopic (exact) mass is 982 g/mol. The summed E-state index contributed by atoms with van der Waals surface area (Å²) in [5.74, 6) is -8.67. The number of likely N-dealkylation sites (tertiary alicyclic amines) is 1. The Morgan fingerprint density at radius 1 is 0.725 bits per heavy atom. The van der Waals surface area contributed by atoms with Gasteiger partial charge in [0.25, 0.3) is 0 Å². The second-order valence-corrected chi connectivity index (χ2v) is 17.7. The van der Waals surface area contributed by atoms with Crippen LogP contribution in [0.1, 0.15) is 93.9 Å². The zero-order valence-electron chi connectivity index (χ0n) is 41.9. The highest BCUT2D eigenvalue weighted by molar-refractivity contribution is 5.98. The van der Waals surface area contributed by atoms with E-state index in [1.54, 1.807) is 48.5 Å². The van der Waals surface area contributed by atoms with Gasteiger partial charge in [0, 0.05) is 40.7 Å². The second kappa shape index (κ2) is 30.4. The van der Waals surface area contributed by atoms with Crippen LogP contribution in [0.3, 0.4) is 0 Å². The number of nitrogens with one attached hydrogen (secondary N) is 7. The number of nitrogens with zero attached hydrogens (tertiary/aromatic N) is 4. The molecule has 1 aliphatic rings. The molecular formula is C44H79N13O12. The van der Waals surface area contributed by atoms with E-state index in [0.717, 1.165) is 9.80 Å². The molecule has 0 spiro atoms. The number of hydrogen-bond donors (Lipinski definition) is 11. The van der Waals surface area contributed by atoms with Crippen LogP contribution in [0.4, 0.5) is 0 Å². The minimum absolute atomic E-state index is 0.0751. The molecule has 25 heteroatoms. The number of likely N-dealkylation sites (N-methyl/N-ethyl adjacent to an activating group) is 3. The van der Waals surface area contributed by atoms with Crippen LogP contribution in [0.2, 0.25) is 0 Å². The standard InChI is InChI=1S/C44H79N13O12/c1-11-25(6)35(41(67)50-28(16-14-18-48-44(45)46)42(68)57-19-15-17-30(57)38(64)47-13-3)53-37(63)29(22-58)51-39(65)31(23-59)56(10)43(69)36(26(7)12-2)54-40(66)34(24(4)5)52-32(61)20-49-33(62)21-55(9)27(8)60/h24-26,28-31,34-36,58-59H,11-23H2,1-10H3,(H,47,64)(H,49,62)(H,50,67)(H,51,65)(H,52,61)(H,53,63)(H,54,66)(H4,45,46,48)/t25-,26?,28-,29-,30-,31-,34-,35-,36+/m0/s1. The van der Waals surface area contributed by atoms with Gasteiger partial charge in [-0.25, -0.2) is 0 Å². The molecule has 25 nitrogen and oxygen atoms in total. The van der Waals surface area contributed by atoms with Crippen molar-refractivity contribution in [2.24, 2.45) is 34.2 Å². The maximum Gasteiger partial charge on any atom is 0.245 e. The van der Waals surface area contributed by atoms with Crippen LogP contribution in [0.5, 0.6) is 0 Å². The van der Waals surface area contributed by atoms with Gasteiger partial charge in [0.05, 0.1) is 26.3 Å². The van der Waals surface area contributed by atoms with Gasteiger partial charge in [0.1, 0.15) is 42.3 Å². The van der Waals surface area contributed by atoms with Gasteiger partial charge in [-0.2, -0.15) is 0 Å². The Hall–Kier alpha value is -6.11. The van der Waals surface area contributed by atoms with Crippen LogP contribution >= 0.6 is 0 Å². The molecule has 1 fully saturated rings. The highest BCUT2D eigenvalue weighted by Gasteiger charge is 2.40. The van der Waals surface area contributed by atoms with E-state index in [9.17, 15) is 58.2 Å². The van der Waals surface area contributed by atoms with Crippen LogP contribution in [-0.4, -0.2) is 192 Å². The van der Waals surface area contributed by atoms with Crippen LogP contribution in [0, 0.1) is 17.8 Å². The van der Waals surface area contributed by atoms with Crippen molar-refractivity contribution in [1.82, 2.24) is 51.9 Å². The number of amides is 10. The van der Waals surface area contributed by atoms with E-state index in [2.05, 4.69) is 42.2 Å². The molecule has 0 aromatic carbocycles. The molecule has 1 saturated heterocycles. The Balaban J connectivity index is 3.26. The number of nitrogens with two attached hydrogens (primary N) is 2. The third-order valence-corrected chi connectivity index (χ3v) is 12.1. The van der Waals surface area contributed by atoms with Crippen LogP contribution in [-0.2, 0) is 47.9 Å². The zero-order chi connectivity index (χ0) is 52.7. The number of hydrogen-bond acceptors (Lipinski definition) is 13. The number of carbonyl (C=O) groups excluding carboxylic acids is 10. The van der Waals surface area contributed by atoms with Crippen molar-refractivity contribution in [2.45, 2.75) is 136 Å². The summed E-state index contributed by atoms with van der Waals surface area (Å²) in [7, 11) is 2.61. The van der Waals surface area contributed by atoms with E-state index in [1.807, 2.05) is 0 Å². The van der Waals surface area contributed by atoms with Crippen molar-refractivity contribution in [3.63, 3.8) is 0 Å².